The highest BCUT2D eigenvalue weighted by molar-refractivity contribution is 7.92. The highest BCUT2D eigenvalue weighted by atomic mass is 35.5. The summed E-state index contributed by atoms with van der Waals surface area (Å²) in [4.78, 5) is 12.4. The first-order valence-corrected chi connectivity index (χ1v) is 9.91. The van der Waals surface area contributed by atoms with Crippen molar-refractivity contribution < 1.29 is 13.2 Å². The van der Waals surface area contributed by atoms with E-state index in [4.69, 9.17) is 11.6 Å². The summed E-state index contributed by atoms with van der Waals surface area (Å²) in [6.45, 7) is 5.32. The standard InChI is InChI=1S/C18H21ClN2O3S/c1-12-5-7-15(8-6-12)21(25(4,23)24)11-17(22)20-18-14(3)9-13(2)10-16(18)19/h5-10H,11H2,1-4H3,(H,20,22). The number of benzene rings is 2. The molecule has 0 radical (unpaired) electrons. The van der Waals surface area contributed by atoms with E-state index in [-0.39, 0.29) is 6.54 Å². The van der Waals surface area contributed by atoms with Gasteiger partial charge in [0.1, 0.15) is 6.54 Å². The van der Waals surface area contributed by atoms with E-state index in [2.05, 4.69) is 5.32 Å². The molecule has 7 heteroatoms. The number of sulfonamides is 1. The van der Waals surface area contributed by atoms with Crippen LogP contribution in [0.3, 0.4) is 0 Å². The Morgan fingerprint density at radius 1 is 1.08 bits per heavy atom. The van der Waals surface area contributed by atoms with E-state index in [0.717, 1.165) is 27.3 Å². The lowest BCUT2D eigenvalue weighted by Gasteiger charge is -2.22. The van der Waals surface area contributed by atoms with Crippen molar-refractivity contribution in [1.29, 1.82) is 0 Å². The lowest BCUT2D eigenvalue weighted by molar-refractivity contribution is -0.114. The molecule has 25 heavy (non-hydrogen) atoms. The van der Waals surface area contributed by atoms with Crippen LogP contribution in [-0.4, -0.2) is 27.1 Å². The molecule has 0 aliphatic heterocycles. The number of carbonyl (C=O) groups is 1. The van der Waals surface area contributed by atoms with E-state index in [1.54, 1.807) is 30.3 Å². The third-order valence-electron chi connectivity index (χ3n) is 3.71. The summed E-state index contributed by atoms with van der Waals surface area (Å²) in [6.07, 6.45) is 1.07. The van der Waals surface area contributed by atoms with Gasteiger partial charge in [-0.05, 0) is 50.1 Å². The molecular weight excluding hydrogens is 360 g/mol. The molecule has 0 saturated carbocycles. The highest BCUT2D eigenvalue weighted by Gasteiger charge is 2.21. The van der Waals surface area contributed by atoms with Crippen LogP contribution in [0, 0.1) is 20.8 Å². The summed E-state index contributed by atoms with van der Waals surface area (Å²) in [5.74, 6) is -0.458. The molecule has 5 nitrogen and oxygen atoms in total. The lowest BCUT2D eigenvalue weighted by atomic mass is 10.1. The van der Waals surface area contributed by atoms with Crippen LogP contribution in [0.1, 0.15) is 16.7 Å². The predicted molar refractivity (Wildman–Crippen MR) is 103 cm³/mol. The number of rotatable bonds is 5. The minimum atomic E-state index is -3.61. The molecule has 2 aromatic carbocycles. The van der Waals surface area contributed by atoms with Crippen molar-refractivity contribution in [1.82, 2.24) is 0 Å². The summed E-state index contributed by atoms with van der Waals surface area (Å²) >= 11 is 6.19. The van der Waals surface area contributed by atoms with E-state index in [1.165, 1.54) is 0 Å². The maximum Gasteiger partial charge on any atom is 0.245 e. The SMILES string of the molecule is Cc1ccc(N(CC(=O)Nc2c(C)cc(C)cc2Cl)S(C)(=O)=O)cc1. The van der Waals surface area contributed by atoms with Crippen molar-refractivity contribution in [3.63, 3.8) is 0 Å². The summed E-state index contributed by atoms with van der Waals surface area (Å²) in [5, 5.41) is 3.14. The summed E-state index contributed by atoms with van der Waals surface area (Å²) in [7, 11) is -3.61. The molecule has 0 bridgehead atoms. The lowest BCUT2D eigenvalue weighted by Crippen LogP contribution is -2.37. The van der Waals surface area contributed by atoms with Gasteiger partial charge >= 0.3 is 0 Å². The minimum Gasteiger partial charge on any atom is -0.323 e. The van der Waals surface area contributed by atoms with Gasteiger partial charge in [-0.15, -0.1) is 0 Å². The molecule has 134 valence electrons. The fourth-order valence-corrected chi connectivity index (χ4v) is 3.72. The number of anilines is 2. The van der Waals surface area contributed by atoms with Crippen LogP contribution in [0.25, 0.3) is 0 Å². The van der Waals surface area contributed by atoms with Crippen LogP contribution in [-0.2, 0) is 14.8 Å². The maximum absolute atomic E-state index is 12.4. The number of amides is 1. The van der Waals surface area contributed by atoms with Gasteiger partial charge in [-0.2, -0.15) is 0 Å². The number of hydrogen-bond acceptors (Lipinski definition) is 3. The quantitative estimate of drug-likeness (QED) is 0.860. The number of hydrogen-bond donors (Lipinski definition) is 1. The smallest absolute Gasteiger partial charge is 0.245 e. The van der Waals surface area contributed by atoms with Gasteiger partial charge in [0.05, 0.1) is 22.7 Å². The predicted octanol–water partition coefficient (Wildman–Crippen LogP) is 3.67. The molecule has 0 heterocycles. The fraction of sp³-hybridized carbons (Fsp3) is 0.278. The van der Waals surface area contributed by atoms with Crippen molar-refractivity contribution in [2.75, 3.05) is 22.4 Å². The van der Waals surface area contributed by atoms with Crippen molar-refractivity contribution in [3.8, 4) is 0 Å². The molecule has 1 N–H and O–H groups in total. The van der Waals surface area contributed by atoms with Crippen LogP contribution in [0.4, 0.5) is 11.4 Å². The molecule has 0 atom stereocenters. The number of nitrogens with one attached hydrogen (secondary N) is 1. The molecule has 0 aliphatic rings. The molecule has 0 aliphatic carbocycles. The summed E-state index contributed by atoms with van der Waals surface area (Å²) < 4.78 is 25.3. The zero-order valence-electron chi connectivity index (χ0n) is 14.6. The molecule has 0 unspecified atom stereocenters. The van der Waals surface area contributed by atoms with Crippen molar-refractivity contribution in [2.24, 2.45) is 0 Å². The van der Waals surface area contributed by atoms with Gasteiger partial charge in [0, 0.05) is 0 Å². The Morgan fingerprint density at radius 3 is 2.20 bits per heavy atom. The Balaban J connectivity index is 2.25. The first-order chi connectivity index (χ1) is 11.6. The van der Waals surface area contributed by atoms with Crippen molar-refractivity contribution >= 4 is 38.9 Å². The normalized spacial score (nSPS) is 11.2. The van der Waals surface area contributed by atoms with Crippen LogP contribution >= 0.6 is 11.6 Å². The van der Waals surface area contributed by atoms with Crippen LogP contribution in [0.15, 0.2) is 36.4 Å². The Hall–Kier alpha value is -2.05. The largest absolute Gasteiger partial charge is 0.323 e. The second-order valence-electron chi connectivity index (χ2n) is 6.09. The van der Waals surface area contributed by atoms with E-state index in [1.807, 2.05) is 26.8 Å². The van der Waals surface area contributed by atoms with Crippen LogP contribution in [0.2, 0.25) is 5.02 Å². The van der Waals surface area contributed by atoms with E-state index in [0.29, 0.717) is 16.4 Å². The molecule has 2 rings (SSSR count). The Kier molecular flexibility index (Phi) is 5.75. The molecule has 0 aromatic heterocycles. The summed E-state index contributed by atoms with van der Waals surface area (Å²) in [5.41, 5.74) is 3.74. The van der Waals surface area contributed by atoms with E-state index < -0.39 is 15.9 Å². The first kappa shape index (κ1) is 19.3. The van der Waals surface area contributed by atoms with Gasteiger partial charge in [0.2, 0.25) is 15.9 Å². The van der Waals surface area contributed by atoms with Gasteiger partial charge in [0.15, 0.2) is 0 Å². The Labute approximate surface area is 153 Å². The first-order valence-electron chi connectivity index (χ1n) is 7.69. The zero-order valence-corrected chi connectivity index (χ0v) is 16.2. The Morgan fingerprint density at radius 2 is 1.68 bits per heavy atom. The maximum atomic E-state index is 12.4. The molecule has 0 saturated heterocycles. The van der Waals surface area contributed by atoms with Gasteiger partial charge in [-0.25, -0.2) is 8.42 Å². The van der Waals surface area contributed by atoms with Crippen LogP contribution in [0.5, 0.6) is 0 Å². The molecule has 2 aromatic rings. The Bertz CT molecular complexity index is 870. The van der Waals surface area contributed by atoms with Crippen LogP contribution < -0.4 is 9.62 Å². The fourth-order valence-electron chi connectivity index (χ4n) is 2.49. The minimum absolute atomic E-state index is 0.328. The number of carbonyl (C=O) groups excluding carboxylic acids is 1. The average molecular weight is 381 g/mol. The topological polar surface area (TPSA) is 66.5 Å². The second kappa shape index (κ2) is 7.45. The second-order valence-corrected chi connectivity index (χ2v) is 8.41. The van der Waals surface area contributed by atoms with Gasteiger partial charge in [-0.1, -0.05) is 35.4 Å². The number of nitrogens with zero attached hydrogens (tertiary/aromatic N) is 1. The van der Waals surface area contributed by atoms with Gasteiger partial charge in [-0.3, -0.25) is 9.10 Å². The summed E-state index contributed by atoms with van der Waals surface area (Å²) in [6, 6.07) is 10.6. The monoisotopic (exact) mass is 380 g/mol. The van der Waals surface area contributed by atoms with Crippen molar-refractivity contribution in [3.05, 3.63) is 58.1 Å². The number of aryl methyl sites for hydroxylation is 3. The average Bonchev–Trinajstić information content (AvgIpc) is 2.48. The molecule has 0 spiro atoms. The molecule has 0 fully saturated rings. The zero-order chi connectivity index (χ0) is 18.8. The molecular formula is C18H21ClN2O3S. The van der Waals surface area contributed by atoms with Crippen molar-refractivity contribution in [2.45, 2.75) is 20.8 Å². The molecule has 1 amide bonds. The van der Waals surface area contributed by atoms with Gasteiger partial charge in [0.25, 0.3) is 0 Å². The number of halogens is 1. The third-order valence-corrected chi connectivity index (χ3v) is 5.14. The van der Waals surface area contributed by atoms with Gasteiger partial charge < -0.3 is 5.32 Å². The van der Waals surface area contributed by atoms with E-state index >= 15 is 0 Å². The van der Waals surface area contributed by atoms with E-state index in [9.17, 15) is 13.2 Å². The highest BCUT2D eigenvalue weighted by Crippen LogP contribution is 2.27. The third kappa shape index (κ3) is 4.96.